The molecule has 0 saturated heterocycles. The van der Waals surface area contributed by atoms with Gasteiger partial charge in [-0.25, -0.2) is 9.48 Å². The fourth-order valence-electron chi connectivity index (χ4n) is 6.12. The lowest BCUT2D eigenvalue weighted by atomic mass is 9.91. The summed E-state index contributed by atoms with van der Waals surface area (Å²) in [5, 5.41) is 0. The average Bonchev–Trinajstić information content (AvgIpc) is 3.37. The zero-order valence-electron chi connectivity index (χ0n) is 24.3. The lowest BCUT2D eigenvalue weighted by molar-refractivity contribution is -0.482. The van der Waals surface area contributed by atoms with Crippen LogP contribution in [0.25, 0.3) is 11.1 Å². The van der Waals surface area contributed by atoms with Gasteiger partial charge in [-0.15, -0.1) is 0 Å². The van der Waals surface area contributed by atoms with E-state index in [4.69, 9.17) is 0 Å². The number of hydrogen-bond acceptors (Lipinski definition) is 1. The van der Waals surface area contributed by atoms with Crippen molar-refractivity contribution in [2.75, 3.05) is 4.90 Å². The van der Waals surface area contributed by atoms with E-state index < -0.39 is 7.25 Å². The lowest BCUT2D eigenvalue weighted by Crippen LogP contribution is -2.26. The van der Waals surface area contributed by atoms with Crippen LogP contribution in [0.15, 0.2) is 127 Å². The predicted octanol–water partition coefficient (Wildman–Crippen LogP) is 10.3. The summed E-state index contributed by atoms with van der Waals surface area (Å²) in [6.45, 7) is 6.66. The first kappa shape index (κ1) is 29.8. The van der Waals surface area contributed by atoms with Crippen LogP contribution in [-0.4, -0.2) is 18.2 Å². The van der Waals surface area contributed by atoms with Crippen LogP contribution < -0.4 is 4.90 Å². The average molecular weight is 580 g/mol. The number of halogens is 4. The van der Waals surface area contributed by atoms with Gasteiger partial charge in [-0.3, -0.25) is 0 Å². The largest absolute Gasteiger partial charge is 0.673 e. The molecule has 1 aliphatic heterocycles. The molecular formula is C36H33BF4N2. The van der Waals surface area contributed by atoms with E-state index in [0.717, 1.165) is 0 Å². The van der Waals surface area contributed by atoms with Gasteiger partial charge in [0.2, 0.25) is 6.34 Å². The highest BCUT2D eigenvalue weighted by Gasteiger charge is 2.47. The fourth-order valence-corrected chi connectivity index (χ4v) is 6.12. The lowest BCUT2D eigenvalue weighted by Gasteiger charge is -2.26. The Bertz CT molecular complexity index is 1680. The molecule has 0 aliphatic carbocycles. The molecule has 218 valence electrons. The second-order valence-corrected chi connectivity index (χ2v) is 10.8. The van der Waals surface area contributed by atoms with E-state index in [2.05, 4.69) is 164 Å². The summed E-state index contributed by atoms with van der Waals surface area (Å²) < 4.78 is 41.5. The van der Waals surface area contributed by atoms with Crippen molar-refractivity contribution in [3.05, 3.63) is 155 Å². The SMILES string of the molecule is Cc1cc(C)c([N+]2=CN(c3ccccc3-c3ccccc3)C(c3ccccc3)C2c2ccccc2)c(C)c1.F[B-](F)(F)F. The van der Waals surface area contributed by atoms with Gasteiger partial charge in [0.05, 0.1) is 0 Å². The minimum absolute atomic E-state index is 0.0866. The molecular weight excluding hydrogens is 547 g/mol. The highest BCUT2D eigenvalue weighted by Crippen LogP contribution is 2.48. The summed E-state index contributed by atoms with van der Waals surface area (Å²) in [5.74, 6) is 0. The Morgan fingerprint density at radius 3 is 1.63 bits per heavy atom. The molecule has 0 radical (unpaired) electrons. The van der Waals surface area contributed by atoms with Gasteiger partial charge in [0, 0.05) is 16.7 Å². The van der Waals surface area contributed by atoms with Crippen LogP contribution in [0.5, 0.6) is 0 Å². The fraction of sp³-hybridized carbons (Fsp3) is 0.139. The van der Waals surface area contributed by atoms with E-state index in [0.29, 0.717) is 0 Å². The topological polar surface area (TPSA) is 6.25 Å². The van der Waals surface area contributed by atoms with Crippen molar-refractivity contribution >= 4 is 25.0 Å². The number of rotatable bonds is 5. The van der Waals surface area contributed by atoms with Crippen LogP contribution in [0.4, 0.5) is 28.6 Å². The van der Waals surface area contributed by atoms with Crippen molar-refractivity contribution in [1.82, 2.24) is 0 Å². The van der Waals surface area contributed by atoms with Gasteiger partial charge >= 0.3 is 7.25 Å². The van der Waals surface area contributed by atoms with Gasteiger partial charge in [-0.05, 0) is 43.5 Å². The molecule has 0 bridgehead atoms. The standard InChI is InChI=1S/C36H33N2.BF4/c1-26-23-27(2)34(28(3)24-26)38-25-37(33-22-14-13-21-32(33)29-15-7-4-8-16-29)35(30-17-9-5-10-18-30)36(38)31-19-11-6-12-20-31;2-1(3,4)5/h4-25,35-36H,1-3H3;/q+1;-1. The molecule has 2 atom stereocenters. The maximum absolute atomic E-state index is 9.75. The van der Waals surface area contributed by atoms with Gasteiger partial charge in [0.15, 0.2) is 12.1 Å². The summed E-state index contributed by atoms with van der Waals surface area (Å²) in [4.78, 5) is 2.49. The monoisotopic (exact) mass is 580 g/mol. The van der Waals surface area contributed by atoms with E-state index in [1.807, 2.05) is 0 Å². The molecule has 2 nitrogen and oxygen atoms in total. The Hall–Kier alpha value is -4.65. The highest BCUT2D eigenvalue weighted by molar-refractivity contribution is 6.50. The van der Waals surface area contributed by atoms with Crippen molar-refractivity contribution in [2.45, 2.75) is 32.9 Å². The van der Waals surface area contributed by atoms with Crippen molar-refractivity contribution in [1.29, 1.82) is 0 Å². The van der Waals surface area contributed by atoms with Gasteiger partial charge in [0.1, 0.15) is 11.4 Å². The number of para-hydroxylation sites is 1. The quantitative estimate of drug-likeness (QED) is 0.114. The number of benzene rings is 5. The van der Waals surface area contributed by atoms with E-state index in [9.17, 15) is 17.3 Å². The molecule has 2 unspecified atom stereocenters. The summed E-state index contributed by atoms with van der Waals surface area (Å²) in [6, 6.07) is 46.2. The van der Waals surface area contributed by atoms with Gasteiger partial charge < -0.3 is 17.3 Å². The number of aryl methyl sites for hydroxylation is 3. The first-order chi connectivity index (χ1) is 20.6. The second-order valence-electron chi connectivity index (χ2n) is 10.8. The zero-order valence-corrected chi connectivity index (χ0v) is 24.3. The Balaban J connectivity index is 0.000000682. The van der Waals surface area contributed by atoms with Crippen LogP contribution in [0.1, 0.15) is 39.9 Å². The number of nitrogens with zero attached hydrogens (tertiary/aromatic N) is 2. The normalized spacial score (nSPS) is 16.3. The molecule has 0 saturated carbocycles. The van der Waals surface area contributed by atoms with E-state index in [1.54, 1.807) is 0 Å². The van der Waals surface area contributed by atoms with Crippen LogP contribution in [0.3, 0.4) is 0 Å². The minimum Gasteiger partial charge on any atom is -0.418 e. The summed E-state index contributed by atoms with van der Waals surface area (Å²) >= 11 is 0. The van der Waals surface area contributed by atoms with Crippen molar-refractivity contribution in [3.8, 4) is 11.1 Å². The van der Waals surface area contributed by atoms with Gasteiger partial charge in [0.25, 0.3) is 0 Å². The Morgan fingerprint density at radius 2 is 1.07 bits per heavy atom. The molecule has 1 heterocycles. The maximum atomic E-state index is 9.75. The Morgan fingerprint density at radius 1 is 0.605 bits per heavy atom. The molecule has 5 aromatic carbocycles. The maximum Gasteiger partial charge on any atom is 0.673 e. The smallest absolute Gasteiger partial charge is 0.418 e. The molecule has 0 spiro atoms. The first-order valence-corrected chi connectivity index (χ1v) is 14.2. The van der Waals surface area contributed by atoms with Crippen LogP contribution in [-0.2, 0) is 0 Å². The van der Waals surface area contributed by atoms with E-state index >= 15 is 0 Å². The molecule has 43 heavy (non-hydrogen) atoms. The molecule has 1 aliphatic rings. The molecule has 0 amide bonds. The molecule has 6 rings (SSSR count). The molecule has 0 fully saturated rings. The zero-order chi connectivity index (χ0) is 30.6. The molecule has 7 heteroatoms. The van der Waals surface area contributed by atoms with Gasteiger partial charge in [-0.1, -0.05) is 127 Å². The van der Waals surface area contributed by atoms with Crippen molar-refractivity contribution in [3.63, 3.8) is 0 Å². The summed E-state index contributed by atoms with van der Waals surface area (Å²) in [7, 11) is -6.00. The summed E-state index contributed by atoms with van der Waals surface area (Å²) in [6.07, 6.45) is 2.35. The van der Waals surface area contributed by atoms with Crippen molar-refractivity contribution < 1.29 is 21.8 Å². The second kappa shape index (κ2) is 12.7. The van der Waals surface area contributed by atoms with Crippen LogP contribution in [0, 0.1) is 20.8 Å². The predicted molar refractivity (Wildman–Crippen MR) is 170 cm³/mol. The third-order valence-corrected chi connectivity index (χ3v) is 7.59. The Labute approximate surface area is 250 Å². The molecule has 5 aromatic rings. The Kier molecular flexibility index (Phi) is 8.81. The molecule has 0 aromatic heterocycles. The number of hydrogen-bond donors (Lipinski definition) is 0. The van der Waals surface area contributed by atoms with Gasteiger partial charge in [-0.2, -0.15) is 0 Å². The van der Waals surface area contributed by atoms with E-state index in [-0.39, 0.29) is 12.1 Å². The summed E-state index contributed by atoms with van der Waals surface area (Å²) in [5.41, 5.74) is 11.4. The highest BCUT2D eigenvalue weighted by atomic mass is 19.5. The van der Waals surface area contributed by atoms with Crippen molar-refractivity contribution in [2.24, 2.45) is 0 Å². The van der Waals surface area contributed by atoms with E-state index in [1.165, 1.54) is 50.3 Å². The number of anilines is 1. The minimum atomic E-state index is -6.00. The first-order valence-electron chi connectivity index (χ1n) is 14.2. The molecule has 0 N–H and O–H groups in total. The third-order valence-electron chi connectivity index (χ3n) is 7.59. The van der Waals surface area contributed by atoms with Crippen LogP contribution in [0.2, 0.25) is 0 Å². The van der Waals surface area contributed by atoms with Crippen LogP contribution >= 0.6 is 0 Å². The third kappa shape index (κ3) is 6.88.